The third-order valence-electron chi connectivity index (χ3n) is 3.56. The lowest BCUT2D eigenvalue weighted by Crippen LogP contribution is -2.32. The Morgan fingerprint density at radius 3 is 2.72 bits per heavy atom. The zero-order chi connectivity index (χ0) is 13.1. The molecular formula is C13H19N3OS. The van der Waals surface area contributed by atoms with Gasteiger partial charge in [0, 0.05) is 13.1 Å². The SMILES string of the molecule is CCN(CC1CCC1)c1sc(C#N)c(N)c1OC. The van der Waals surface area contributed by atoms with Crippen molar-refractivity contribution in [1.29, 1.82) is 5.26 Å². The summed E-state index contributed by atoms with van der Waals surface area (Å²) in [6, 6.07) is 2.14. The van der Waals surface area contributed by atoms with Crippen LogP contribution < -0.4 is 15.4 Å². The minimum atomic E-state index is 0.479. The quantitative estimate of drug-likeness (QED) is 0.889. The number of rotatable bonds is 5. The predicted molar refractivity (Wildman–Crippen MR) is 75.2 cm³/mol. The maximum atomic E-state index is 9.05. The normalized spacial score (nSPS) is 14.9. The monoisotopic (exact) mass is 265 g/mol. The molecule has 0 aliphatic heterocycles. The summed E-state index contributed by atoms with van der Waals surface area (Å²) in [5.41, 5.74) is 6.41. The Hall–Kier alpha value is -1.41. The van der Waals surface area contributed by atoms with Crippen LogP contribution >= 0.6 is 11.3 Å². The van der Waals surface area contributed by atoms with Gasteiger partial charge in [0.15, 0.2) is 5.75 Å². The maximum Gasteiger partial charge on any atom is 0.177 e. The number of hydrogen-bond donors (Lipinski definition) is 1. The number of methoxy groups -OCH3 is 1. The summed E-state index contributed by atoms with van der Waals surface area (Å²) < 4.78 is 5.37. The molecule has 0 atom stereocenters. The first-order valence-electron chi connectivity index (χ1n) is 6.32. The van der Waals surface area contributed by atoms with E-state index in [-0.39, 0.29) is 0 Å². The molecule has 0 aromatic carbocycles. The lowest BCUT2D eigenvalue weighted by molar-refractivity contribution is 0.318. The van der Waals surface area contributed by atoms with Crippen LogP contribution in [-0.4, -0.2) is 20.2 Å². The van der Waals surface area contributed by atoms with Crippen LogP contribution in [0.5, 0.6) is 5.75 Å². The van der Waals surface area contributed by atoms with Gasteiger partial charge in [-0.2, -0.15) is 5.26 Å². The first-order chi connectivity index (χ1) is 8.71. The summed E-state index contributed by atoms with van der Waals surface area (Å²) in [4.78, 5) is 2.83. The Morgan fingerprint density at radius 2 is 2.28 bits per heavy atom. The maximum absolute atomic E-state index is 9.05. The van der Waals surface area contributed by atoms with Crippen molar-refractivity contribution >= 4 is 22.0 Å². The number of ether oxygens (including phenoxy) is 1. The summed E-state index contributed by atoms with van der Waals surface area (Å²) in [6.07, 6.45) is 3.96. The Labute approximate surface area is 112 Å². The first-order valence-corrected chi connectivity index (χ1v) is 7.14. The molecule has 0 bridgehead atoms. The second-order valence-electron chi connectivity index (χ2n) is 4.63. The van der Waals surface area contributed by atoms with Crippen LogP contribution in [0.15, 0.2) is 0 Å². The molecule has 0 saturated heterocycles. The van der Waals surface area contributed by atoms with Crippen molar-refractivity contribution in [2.75, 3.05) is 30.8 Å². The van der Waals surface area contributed by atoms with Crippen molar-refractivity contribution in [1.82, 2.24) is 0 Å². The van der Waals surface area contributed by atoms with E-state index in [1.54, 1.807) is 7.11 Å². The molecule has 1 aliphatic carbocycles. The number of nitriles is 1. The van der Waals surface area contributed by atoms with E-state index in [2.05, 4.69) is 17.9 Å². The number of nitrogens with zero attached hydrogens (tertiary/aromatic N) is 2. The molecule has 1 fully saturated rings. The summed E-state index contributed by atoms with van der Waals surface area (Å²) in [6.45, 7) is 4.08. The fourth-order valence-electron chi connectivity index (χ4n) is 2.25. The topological polar surface area (TPSA) is 62.3 Å². The number of nitrogen functional groups attached to an aromatic ring is 1. The van der Waals surface area contributed by atoms with Crippen LogP contribution in [0.2, 0.25) is 0 Å². The van der Waals surface area contributed by atoms with Gasteiger partial charge < -0.3 is 15.4 Å². The molecule has 98 valence electrons. The molecule has 2 rings (SSSR count). The van der Waals surface area contributed by atoms with E-state index in [1.807, 2.05) is 0 Å². The van der Waals surface area contributed by atoms with Gasteiger partial charge in [-0.25, -0.2) is 0 Å². The Morgan fingerprint density at radius 1 is 1.56 bits per heavy atom. The van der Waals surface area contributed by atoms with Crippen LogP contribution in [0.4, 0.5) is 10.7 Å². The highest BCUT2D eigenvalue weighted by Crippen LogP contribution is 2.45. The van der Waals surface area contributed by atoms with Crippen LogP contribution in [0.1, 0.15) is 31.1 Å². The fourth-order valence-corrected chi connectivity index (χ4v) is 3.31. The van der Waals surface area contributed by atoms with E-state index in [4.69, 9.17) is 15.7 Å². The predicted octanol–water partition coefficient (Wildman–Crippen LogP) is 2.84. The van der Waals surface area contributed by atoms with Crippen molar-refractivity contribution in [3.63, 3.8) is 0 Å². The highest BCUT2D eigenvalue weighted by atomic mass is 32.1. The molecule has 1 aromatic heterocycles. The van der Waals surface area contributed by atoms with Gasteiger partial charge in [-0.3, -0.25) is 0 Å². The molecule has 0 unspecified atom stereocenters. The van der Waals surface area contributed by atoms with Gasteiger partial charge in [-0.1, -0.05) is 6.42 Å². The number of nitrogens with two attached hydrogens (primary N) is 1. The van der Waals surface area contributed by atoms with E-state index >= 15 is 0 Å². The fraction of sp³-hybridized carbons (Fsp3) is 0.615. The van der Waals surface area contributed by atoms with E-state index in [9.17, 15) is 0 Å². The summed E-state index contributed by atoms with van der Waals surface area (Å²) in [7, 11) is 1.61. The Bertz CT molecular complexity index is 460. The lowest BCUT2D eigenvalue weighted by atomic mass is 9.85. The molecule has 0 spiro atoms. The molecule has 1 aliphatic rings. The van der Waals surface area contributed by atoms with Gasteiger partial charge in [0.05, 0.1) is 7.11 Å². The highest BCUT2D eigenvalue weighted by molar-refractivity contribution is 7.17. The zero-order valence-corrected chi connectivity index (χ0v) is 11.7. The summed E-state index contributed by atoms with van der Waals surface area (Å²) in [5.74, 6) is 1.45. The molecule has 1 saturated carbocycles. The molecule has 4 nitrogen and oxygen atoms in total. The van der Waals surface area contributed by atoms with Crippen molar-refractivity contribution in [3.05, 3.63) is 4.88 Å². The van der Waals surface area contributed by atoms with E-state index in [1.165, 1.54) is 30.6 Å². The lowest BCUT2D eigenvalue weighted by Gasteiger charge is -2.32. The van der Waals surface area contributed by atoms with Gasteiger partial charge in [0.2, 0.25) is 0 Å². The van der Waals surface area contributed by atoms with E-state index < -0.39 is 0 Å². The van der Waals surface area contributed by atoms with Crippen LogP contribution in [0.25, 0.3) is 0 Å². The highest BCUT2D eigenvalue weighted by Gasteiger charge is 2.25. The molecule has 1 heterocycles. The summed E-state index contributed by atoms with van der Waals surface area (Å²) >= 11 is 1.43. The number of thiophene rings is 1. The van der Waals surface area contributed by atoms with Crippen LogP contribution in [0, 0.1) is 17.2 Å². The minimum absolute atomic E-state index is 0.479. The van der Waals surface area contributed by atoms with Crippen molar-refractivity contribution < 1.29 is 4.74 Å². The second-order valence-corrected chi connectivity index (χ2v) is 5.63. The first kappa shape index (κ1) is 13.0. The molecular weight excluding hydrogens is 246 g/mol. The van der Waals surface area contributed by atoms with Gasteiger partial charge in [-0.05, 0) is 25.7 Å². The number of anilines is 2. The molecule has 18 heavy (non-hydrogen) atoms. The van der Waals surface area contributed by atoms with Gasteiger partial charge >= 0.3 is 0 Å². The minimum Gasteiger partial charge on any atom is -0.492 e. The molecule has 2 N–H and O–H groups in total. The standard InChI is InChI=1S/C13H19N3OS/c1-3-16(8-9-5-4-6-9)13-12(17-2)11(15)10(7-14)18-13/h9H,3-6,8,15H2,1-2H3. The molecule has 1 aromatic rings. The third kappa shape index (κ3) is 2.25. The largest absolute Gasteiger partial charge is 0.492 e. The van der Waals surface area contributed by atoms with Crippen molar-refractivity contribution in [2.45, 2.75) is 26.2 Å². The zero-order valence-electron chi connectivity index (χ0n) is 10.9. The van der Waals surface area contributed by atoms with Gasteiger partial charge in [0.1, 0.15) is 21.6 Å². The molecule has 0 radical (unpaired) electrons. The van der Waals surface area contributed by atoms with Crippen LogP contribution in [0.3, 0.4) is 0 Å². The van der Waals surface area contributed by atoms with E-state index in [0.717, 1.165) is 24.0 Å². The Balaban J connectivity index is 2.26. The second kappa shape index (κ2) is 5.49. The molecule has 5 heteroatoms. The summed E-state index contributed by atoms with van der Waals surface area (Å²) in [5, 5.41) is 10.1. The number of hydrogen-bond acceptors (Lipinski definition) is 5. The average molecular weight is 265 g/mol. The average Bonchev–Trinajstić information content (AvgIpc) is 2.64. The molecule has 0 amide bonds. The van der Waals surface area contributed by atoms with Gasteiger partial charge in [0.25, 0.3) is 0 Å². The van der Waals surface area contributed by atoms with Gasteiger partial charge in [-0.15, -0.1) is 11.3 Å². The van der Waals surface area contributed by atoms with Crippen molar-refractivity contribution in [2.24, 2.45) is 5.92 Å². The third-order valence-corrected chi connectivity index (χ3v) is 4.71. The smallest absolute Gasteiger partial charge is 0.177 e. The van der Waals surface area contributed by atoms with Crippen LogP contribution in [-0.2, 0) is 0 Å². The van der Waals surface area contributed by atoms with Crippen molar-refractivity contribution in [3.8, 4) is 11.8 Å². The van der Waals surface area contributed by atoms with E-state index in [0.29, 0.717) is 16.3 Å². The Kier molecular flexibility index (Phi) is 3.97.